The van der Waals surface area contributed by atoms with Crippen LogP contribution in [0.2, 0.25) is 0 Å². The zero-order valence-corrected chi connectivity index (χ0v) is 25.1. The van der Waals surface area contributed by atoms with Crippen LogP contribution in [-0.4, -0.2) is 13.2 Å². The molecular weight excluding hydrogens is 512 g/mol. The molecule has 0 unspecified atom stereocenters. The van der Waals surface area contributed by atoms with Gasteiger partial charge in [-0.1, -0.05) is 113 Å². The fourth-order valence-corrected chi connectivity index (χ4v) is 4.62. The summed E-state index contributed by atoms with van der Waals surface area (Å²) in [5.74, 6) is 14.1. The molecule has 0 spiro atoms. The first-order valence-corrected chi connectivity index (χ1v) is 15.4. The van der Waals surface area contributed by atoms with E-state index in [0.717, 1.165) is 70.9 Å². The molecule has 0 N–H and O–H groups in total. The van der Waals surface area contributed by atoms with E-state index in [2.05, 4.69) is 86.1 Å². The Morgan fingerprint density at radius 1 is 0.405 bits per heavy atom. The van der Waals surface area contributed by atoms with Crippen molar-refractivity contribution in [3.8, 4) is 57.4 Å². The molecule has 2 nitrogen and oxygen atoms in total. The third kappa shape index (κ3) is 10.2. The van der Waals surface area contributed by atoms with Crippen molar-refractivity contribution in [3.63, 3.8) is 0 Å². The summed E-state index contributed by atoms with van der Waals surface area (Å²) in [5, 5.41) is 0. The highest BCUT2D eigenvalue weighted by atomic mass is 16.5. The van der Waals surface area contributed by atoms with Crippen LogP contribution >= 0.6 is 0 Å². The molecule has 0 aliphatic rings. The third-order valence-electron chi connectivity index (χ3n) is 7.15. The van der Waals surface area contributed by atoms with Crippen LogP contribution in [0.5, 0.6) is 11.5 Å². The highest BCUT2D eigenvalue weighted by molar-refractivity contribution is 5.66. The lowest BCUT2D eigenvalue weighted by Crippen LogP contribution is -1.96. The molecule has 0 aromatic heterocycles. The average Bonchev–Trinajstić information content (AvgIpc) is 3.04. The van der Waals surface area contributed by atoms with Crippen molar-refractivity contribution in [3.05, 3.63) is 108 Å². The second-order valence-corrected chi connectivity index (χ2v) is 10.5. The number of hydrogen-bond acceptors (Lipinski definition) is 2. The first kappa shape index (κ1) is 30.6. The summed E-state index contributed by atoms with van der Waals surface area (Å²) in [5.41, 5.74) is 6.54. The molecule has 0 amide bonds. The van der Waals surface area contributed by atoms with Crippen LogP contribution in [0.25, 0.3) is 22.3 Å². The summed E-state index contributed by atoms with van der Waals surface area (Å²) in [7, 11) is 0. The Morgan fingerprint density at radius 3 is 1.07 bits per heavy atom. The van der Waals surface area contributed by atoms with Gasteiger partial charge in [0.05, 0.1) is 13.2 Å². The molecule has 0 aliphatic carbocycles. The zero-order chi connectivity index (χ0) is 29.2. The van der Waals surface area contributed by atoms with E-state index in [9.17, 15) is 0 Å². The molecule has 0 saturated heterocycles. The number of ether oxygens (including phenoxy) is 2. The van der Waals surface area contributed by atoms with Gasteiger partial charge in [-0.3, -0.25) is 0 Å². The molecule has 0 radical (unpaired) electrons. The Morgan fingerprint density at radius 2 is 0.738 bits per heavy atom. The van der Waals surface area contributed by atoms with Gasteiger partial charge in [0.2, 0.25) is 0 Å². The monoisotopic (exact) mass is 554 g/mol. The fraction of sp³-hybridized carbons (Fsp3) is 0.300. The van der Waals surface area contributed by atoms with Gasteiger partial charge in [0.25, 0.3) is 0 Å². The largest absolute Gasteiger partial charge is 0.494 e. The molecule has 0 atom stereocenters. The van der Waals surface area contributed by atoms with Crippen LogP contribution in [0.3, 0.4) is 0 Å². The first-order valence-electron chi connectivity index (χ1n) is 15.4. The minimum Gasteiger partial charge on any atom is -0.494 e. The van der Waals surface area contributed by atoms with Crippen LogP contribution in [0.1, 0.15) is 76.3 Å². The van der Waals surface area contributed by atoms with E-state index in [1.165, 1.54) is 38.5 Å². The molecule has 4 rings (SSSR count). The number of hydrogen-bond donors (Lipinski definition) is 0. The normalized spacial score (nSPS) is 10.2. The predicted molar refractivity (Wildman–Crippen MR) is 177 cm³/mol. The lowest BCUT2D eigenvalue weighted by atomic mass is 10.0. The molecule has 0 aliphatic heterocycles. The fourth-order valence-electron chi connectivity index (χ4n) is 4.62. The van der Waals surface area contributed by atoms with Crippen molar-refractivity contribution in [1.29, 1.82) is 0 Å². The molecule has 0 fully saturated rings. The van der Waals surface area contributed by atoms with Gasteiger partial charge in [-0.25, -0.2) is 0 Å². The summed E-state index contributed by atoms with van der Waals surface area (Å²) in [6.45, 7) is 6.01. The Bertz CT molecular complexity index is 1340. The minimum absolute atomic E-state index is 0.783. The second kappa shape index (κ2) is 17.4. The highest BCUT2D eigenvalue weighted by Crippen LogP contribution is 2.24. The lowest BCUT2D eigenvalue weighted by Gasteiger charge is -2.07. The molecule has 0 heterocycles. The Hall–Kier alpha value is -4.40. The highest BCUT2D eigenvalue weighted by Gasteiger charge is 2.01. The van der Waals surface area contributed by atoms with E-state index in [-0.39, 0.29) is 0 Å². The standard InChI is InChI=1S/C40H42O2/c1-3-5-7-11-31-41-39-27-23-37(24-28-39)35-19-15-33(16-20-35)13-9-10-14-34-17-21-36(22-18-34)38-25-29-40(30-26-38)42-32-12-8-6-4-2/h15-30H,3-8,11-12,31-32H2,1-2H3. The smallest absolute Gasteiger partial charge is 0.119 e. The van der Waals surface area contributed by atoms with E-state index < -0.39 is 0 Å². The lowest BCUT2D eigenvalue weighted by molar-refractivity contribution is 0.305. The summed E-state index contributed by atoms with van der Waals surface area (Å²) in [4.78, 5) is 0. The van der Waals surface area contributed by atoms with Gasteiger partial charge in [0.15, 0.2) is 0 Å². The SMILES string of the molecule is CCCCCCOc1ccc(-c2ccc(C#CC#Cc3ccc(-c4ccc(OCCCCCC)cc4)cc3)cc2)cc1. The van der Waals surface area contributed by atoms with Crippen LogP contribution in [-0.2, 0) is 0 Å². The molecule has 214 valence electrons. The van der Waals surface area contributed by atoms with E-state index in [4.69, 9.17) is 9.47 Å². The van der Waals surface area contributed by atoms with Crippen molar-refractivity contribution < 1.29 is 9.47 Å². The van der Waals surface area contributed by atoms with Gasteiger partial charge in [-0.05, 0) is 95.5 Å². The number of benzene rings is 4. The van der Waals surface area contributed by atoms with Crippen molar-refractivity contribution in [2.24, 2.45) is 0 Å². The maximum Gasteiger partial charge on any atom is 0.119 e. The van der Waals surface area contributed by atoms with E-state index in [1.54, 1.807) is 0 Å². The molecule has 4 aromatic carbocycles. The molecule has 4 aromatic rings. The molecule has 0 bridgehead atoms. The summed E-state index contributed by atoms with van der Waals surface area (Å²) < 4.78 is 11.7. The second-order valence-electron chi connectivity index (χ2n) is 10.5. The first-order chi connectivity index (χ1) is 20.7. The predicted octanol–water partition coefficient (Wildman–Crippen LogP) is 10.3. The minimum atomic E-state index is 0.783. The van der Waals surface area contributed by atoms with Gasteiger partial charge in [-0.2, -0.15) is 0 Å². The molecule has 42 heavy (non-hydrogen) atoms. The molecule has 2 heteroatoms. The summed E-state index contributed by atoms with van der Waals surface area (Å²) >= 11 is 0. The van der Waals surface area contributed by atoms with E-state index in [0.29, 0.717) is 0 Å². The Balaban J connectivity index is 1.25. The van der Waals surface area contributed by atoms with Gasteiger partial charge in [0, 0.05) is 11.1 Å². The Kier molecular flexibility index (Phi) is 12.7. The quantitative estimate of drug-likeness (QED) is 0.114. The topological polar surface area (TPSA) is 18.5 Å². The molecule has 0 saturated carbocycles. The van der Waals surface area contributed by atoms with E-state index in [1.807, 2.05) is 48.5 Å². The zero-order valence-electron chi connectivity index (χ0n) is 25.1. The van der Waals surface area contributed by atoms with Crippen molar-refractivity contribution in [2.75, 3.05) is 13.2 Å². The number of unbranched alkanes of at least 4 members (excludes halogenated alkanes) is 6. The Labute approximate surface area is 253 Å². The van der Waals surface area contributed by atoms with Crippen molar-refractivity contribution in [2.45, 2.75) is 65.2 Å². The van der Waals surface area contributed by atoms with Gasteiger partial charge in [0.1, 0.15) is 11.5 Å². The van der Waals surface area contributed by atoms with Crippen LogP contribution < -0.4 is 9.47 Å². The number of rotatable bonds is 14. The van der Waals surface area contributed by atoms with Crippen LogP contribution in [0.15, 0.2) is 97.1 Å². The maximum atomic E-state index is 5.86. The maximum absolute atomic E-state index is 5.86. The van der Waals surface area contributed by atoms with Crippen LogP contribution in [0.4, 0.5) is 0 Å². The summed E-state index contributed by atoms with van der Waals surface area (Å²) in [6.07, 6.45) is 9.72. The summed E-state index contributed by atoms with van der Waals surface area (Å²) in [6, 6.07) is 33.2. The molecular formula is C40H42O2. The average molecular weight is 555 g/mol. The third-order valence-corrected chi connectivity index (χ3v) is 7.15. The van der Waals surface area contributed by atoms with Crippen molar-refractivity contribution in [1.82, 2.24) is 0 Å². The van der Waals surface area contributed by atoms with Gasteiger partial charge in [-0.15, -0.1) is 0 Å². The van der Waals surface area contributed by atoms with Gasteiger partial charge >= 0.3 is 0 Å². The van der Waals surface area contributed by atoms with Crippen molar-refractivity contribution >= 4 is 0 Å². The van der Waals surface area contributed by atoms with Gasteiger partial charge < -0.3 is 9.47 Å². The van der Waals surface area contributed by atoms with Crippen LogP contribution in [0, 0.1) is 23.7 Å². The van der Waals surface area contributed by atoms with E-state index >= 15 is 0 Å².